The predicted molar refractivity (Wildman–Crippen MR) is 80.1 cm³/mol. The molecule has 1 unspecified atom stereocenters. The normalized spacial score (nSPS) is 22.7. The van der Waals surface area contributed by atoms with E-state index in [1.165, 1.54) is 52.0 Å². The summed E-state index contributed by atoms with van der Waals surface area (Å²) in [6.45, 7) is 15.5. The van der Waals surface area contributed by atoms with Crippen molar-refractivity contribution in [2.24, 2.45) is 5.41 Å². The fourth-order valence-corrected chi connectivity index (χ4v) is 2.66. The average Bonchev–Trinajstić information content (AvgIpc) is 2.55. The molecule has 108 valence electrons. The van der Waals surface area contributed by atoms with Gasteiger partial charge in [0.05, 0.1) is 0 Å². The molecule has 1 aliphatic heterocycles. The fourth-order valence-electron chi connectivity index (χ4n) is 2.66. The largest absolute Gasteiger partial charge is 0.316 e. The number of rotatable bonds is 7. The molecule has 1 saturated heterocycles. The molecule has 0 spiro atoms. The van der Waals surface area contributed by atoms with Gasteiger partial charge < -0.3 is 15.1 Å². The van der Waals surface area contributed by atoms with Gasteiger partial charge in [-0.2, -0.15) is 0 Å². The van der Waals surface area contributed by atoms with Crippen LogP contribution in [0.2, 0.25) is 0 Å². The van der Waals surface area contributed by atoms with Crippen molar-refractivity contribution in [2.75, 3.05) is 52.9 Å². The molecule has 1 N–H and O–H groups in total. The van der Waals surface area contributed by atoms with Crippen LogP contribution in [-0.2, 0) is 0 Å². The second-order valence-electron chi connectivity index (χ2n) is 6.27. The lowest BCUT2D eigenvalue weighted by atomic mass is 9.86. The van der Waals surface area contributed by atoms with Gasteiger partial charge in [-0.1, -0.05) is 20.8 Å². The molecule has 3 heteroatoms. The third-order valence-electron chi connectivity index (χ3n) is 4.25. The van der Waals surface area contributed by atoms with E-state index in [9.17, 15) is 0 Å². The summed E-state index contributed by atoms with van der Waals surface area (Å²) < 4.78 is 0. The molecule has 0 aromatic rings. The maximum atomic E-state index is 3.60. The van der Waals surface area contributed by atoms with Crippen molar-refractivity contribution < 1.29 is 0 Å². The van der Waals surface area contributed by atoms with Crippen molar-refractivity contribution in [3.63, 3.8) is 0 Å². The van der Waals surface area contributed by atoms with Crippen molar-refractivity contribution in [1.82, 2.24) is 15.1 Å². The lowest BCUT2D eigenvalue weighted by Crippen LogP contribution is -2.43. The van der Waals surface area contributed by atoms with Crippen LogP contribution in [0.15, 0.2) is 0 Å². The van der Waals surface area contributed by atoms with E-state index in [4.69, 9.17) is 0 Å². The first-order chi connectivity index (χ1) is 8.59. The minimum absolute atomic E-state index is 0.429. The van der Waals surface area contributed by atoms with Crippen molar-refractivity contribution in [1.29, 1.82) is 0 Å². The lowest BCUT2D eigenvalue weighted by molar-refractivity contribution is 0.159. The van der Waals surface area contributed by atoms with E-state index in [-0.39, 0.29) is 0 Å². The van der Waals surface area contributed by atoms with Crippen LogP contribution in [0.25, 0.3) is 0 Å². The van der Waals surface area contributed by atoms with Crippen LogP contribution >= 0.6 is 0 Å². The Bertz CT molecular complexity index is 220. The summed E-state index contributed by atoms with van der Waals surface area (Å²) in [5.74, 6) is 0. The minimum Gasteiger partial charge on any atom is -0.316 e. The summed E-state index contributed by atoms with van der Waals surface area (Å²) in [5, 5.41) is 3.60. The standard InChI is InChI=1S/C15H33N3/c1-5-8-16-13-15(3,6-2)14-18-10-7-9-17(4)11-12-18/h16H,5-14H2,1-4H3. The van der Waals surface area contributed by atoms with Gasteiger partial charge in [0.25, 0.3) is 0 Å². The molecule has 0 aromatic carbocycles. The molecular weight excluding hydrogens is 222 g/mol. The Morgan fingerprint density at radius 3 is 2.56 bits per heavy atom. The number of hydrogen-bond donors (Lipinski definition) is 1. The molecule has 1 aliphatic rings. The summed E-state index contributed by atoms with van der Waals surface area (Å²) in [6, 6.07) is 0. The third kappa shape index (κ3) is 5.68. The molecule has 0 radical (unpaired) electrons. The zero-order chi connectivity index (χ0) is 13.4. The van der Waals surface area contributed by atoms with E-state index < -0.39 is 0 Å². The Kier molecular flexibility index (Phi) is 7.20. The summed E-state index contributed by atoms with van der Waals surface area (Å²) in [4.78, 5) is 5.12. The molecule has 1 fully saturated rings. The van der Waals surface area contributed by atoms with Crippen molar-refractivity contribution in [3.05, 3.63) is 0 Å². The van der Waals surface area contributed by atoms with Crippen LogP contribution in [0.4, 0.5) is 0 Å². The second-order valence-corrected chi connectivity index (χ2v) is 6.27. The molecule has 1 atom stereocenters. The van der Waals surface area contributed by atoms with Crippen molar-refractivity contribution >= 4 is 0 Å². The second kappa shape index (κ2) is 8.13. The number of nitrogens with zero attached hydrogens (tertiary/aromatic N) is 2. The van der Waals surface area contributed by atoms with Crippen LogP contribution in [0, 0.1) is 5.41 Å². The average molecular weight is 255 g/mol. The highest BCUT2D eigenvalue weighted by Crippen LogP contribution is 2.22. The topological polar surface area (TPSA) is 18.5 Å². The Morgan fingerprint density at radius 2 is 1.89 bits per heavy atom. The minimum atomic E-state index is 0.429. The zero-order valence-corrected chi connectivity index (χ0v) is 13.0. The van der Waals surface area contributed by atoms with Crippen molar-refractivity contribution in [3.8, 4) is 0 Å². The maximum Gasteiger partial charge on any atom is 0.0109 e. The van der Waals surface area contributed by atoms with Crippen LogP contribution in [0.5, 0.6) is 0 Å². The Morgan fingerprint density at radius 1 is 1.11 bits per heavy atom. The van der Waals surface area contributed by atoms with Crippen LogP contribution < -0.4 is 5.32 Å². The fraction of sp³-hybridized carbons (Fsp3) is 1.00. The summed E-state index contributed by atoms with van der Waals surface area (Å²) in [7, 11) is 2.24. The highest BCUT2D eigenvalue weighted by molar-refractivity contribution is 4.81. The Balaban J connectivity index is 2.40. The summed E-state index contributed by atoms with van der Waals surface area (Å²) in [5.41, 5.74) is 0.429. The SMILES string of the molecule is CCCNCC(C)(CC)CN1CCCN(C)CC1. The van der Waals surface area contributed by atoms with E-state index in [1.54, 1.807) is 0 Å². The lowest BCUT2D eigenvalue weighted by Gasteiger charge is -2.34. The first kappa shape index (κ1) is 15.9. The molecule has 1 rings (SSSR count). The van der Waals surface area contributed by atoms with Crippen LogP contribution in [0.3, 0.4) is 0 Å². The summed E-state index contributed by atoms with van der Waals surface area (Å²) in [6.07, 6.45) is 3.81. The Labute approximate surface area is 114 Å². The Hall–Kier alpha value is -0.120. The van der Waals surface area contributed by atoms with E-state index in [0.717, 1.165) is 13.1 Å². The number of likely N-dealkylation sites (N-methyl/N-ethyl adjacent to an activating group) is 1. The molecule has 0 saturated carbocycles. The smallest absolute Gasteiger partial charge is 0.0109 e. The predicted octanol–water partition coefficient (Wildman–Crippen LogP) is 2.04. The quantitative estimate of drug-likeness (QED) is 0.702. The van der Waals surface area contributed by atoms with Gasteiger partial charge in [0.2, 0.25) is 0 Å². The molecule has 1 heterocycles. The molecule has 3 nitrogen and oxygen atoms in total. The van der Waals surface area contributed by atoms with Gasteiger partial charge in [-0.3, -0.25) is 0 Å². The monoisotopic (exact) mass is 255 g/mol. The number of hydrogen-bond acceptors (Lipinski definition) is 3. The van der Waals surface area contributed by atoms with Gasteiger partial charge in [0.15, 0.2) is 0 Å². The molecular formula is C15H33N3. The first-order valence-electron chi connectivity index (χ1n) is 7.71. The van der Waals surface area contributed by atoms with Gasteiger partial charge in [-0.15, -0.1) is 0 Å². The molecule has 0 aliphatic carbocycles. The van der Waals surface area contributed by atoms with E-state index in [2.05, 4.69) is 42.9 Å². The van der Waals surface area contributed by atoms with Gasteiger partial charge in [0.1, 0.15) is 0 Å². The molecule has 18 heavy (non-hydrogen) atoms. The van der Waals surface area contributed by atoms with Gasteiger partial charge >= 0.3 is 0 Å². The third-order valence-corrected chi connectivity index (χ3v) is 4.25. The molecule has 0 amide bonds. The van der Waals surface area contributed by atoms with Crippen LogP contribution in [-0.4, -0.2) is 62.7 Å². The zero-order valence-electron chi connectivity index (χ0n) is 13.0. The van der Waals surface area contributed by atoms with E-state index in [0.29, 0.717) is 5.41 Å². The van der Waals surface area contributed by atoms with Gasteiger partial charge in [0, 0.05) is 26.2 Å². The highest BCUT2D eigenvalue weighted by Gasteiger charge is 2.25. The van der Waals surface area contributed by atoms with Gasteiger partial charge in [-0.05, 0) is 51.4 Å². The first-order valence-corrected chi connectivity index (χ1v) is 7.71. The maximum absolute atomic E-state index is 3.60. The van der Waals surface area contributed by atoms with Gasteiger partial charge in [-0.25, -0.2) is 0 Å². The van der Waals surface area contributed by atoms with Crippen molar-refractivity contribution in [2.45, 2.75) is 40.0 Å². The molecule has 0 bridgehead atoms. The van der Waals surface area contributed by atoms with E-state index in [1.807, 2.05) is 0 Å². The highest BCUT2D eigenvalue weighted by atomic mass is 15.2. The number of nitrogens with one attached hydrogen (secondary N) is 1. The van der Waals surface area contributed by atoms with E-state index >= 15 is 0 Å². The summed E-state index contributed by atoms with van der Waals surface area (Å²) >= 11 is 0. The van der Waals surface area contributed by atoms with Crippen LogP contribution in [0.1, 0.15) is 40.0 Å². The molecule has 0 aromatic heterocycles.